The number of hydrogen-bond donors (Lipinski definition) is 1. The van der Waals surface area contributed by atoms with Crippen molar-refractivity contribution in [1.29, 1.82) is 0 Å². The number of rotatable bonds is 3. The predicted octanol–water partition coefficient (Wildman–Crippen LogP) is 1.24. The summed E-state index contributed by atoms with van der Waals surface area (Å²) in [7, 11) is 0. The van der Waals surface area contributed by atoms with Gasteiger partial charge in [0.25, 0.3) is 5.91 Å². The Balaban J connectivity index is 2.23. The summed E-state index contributed by atoms with van der Waals surface area (Å²) in [6, 6.07) is 0. The van der Waals surface area contributed by atoms with Crippen LogP contribution in [-0.2, 0) is 6.42 Å². The third kappa shape index (κ3) is 2.33. The molecule has 1 aromatic rings. The van der Waals surface area contributed by atoms with Gasteiger partial charge in [0.05, 0.1) is 11.3 Å². The number of fused-ring (bicyclic) bond motifs is 1. The van der Waals surface area contributed by atoms with Crippen LogP contribution in [0.2, 0.25) is 0 Å². The van der Waals surface area contributed by atoms with Gasteiger partial charge in [0.15, 0.2) is 0 Å². The number of amides is 1. The lowest BCUT2D eigenvalue weighted by Gasteiger charge is -2.09. The molecule has 0 spiro atoms. The lowest BCUT2D eigenvalue weighted by atomic mass is 10.1. The van der Waals surface area contributed by atoms with Crippen LogP contribution in [-0.4, -0.2) is 28.4 Å². The fraction of sp³-hybridized carbons (Fsp3) is 0.250. The van der Waals surface area contributed by atoms with Gasteiger partial charge in [0.1, 0.15) is 5.82 Å². The molecule has 88 valence electrons. The molecule has 1 aliphatic heterocycles. The molecule has 2 heterocycles. The molecule has 0 atom stereocenters. The normalized spacial score (nSPS) is 15.2. The zero-order chi connectivity index (χ0) is 12.3. The average Bonchev–Trinajstić information content (AvgIpc) is 2.75. The standard InChI is InChI=1S/C12H14N4O/c1-3-4-6-13-9(2)16-8-10-11(15-16)5-7-14-12(10)17/h3-4,6,8H,2,5,7H2,1H3,(H,14,17)/b4-3-,13-6?. The number of carbonyl (C=O) groups excluding carboxylic acids is 1. The number of nitrogens with zero attached hydrogens (tertiary/aromatic N) is 3. The maximum atomic E-state index is 11.5. The van der Waals surface area contributed by atoms with Gasteiger partial charge in [-0.25, -0.2) is 9.67 Å². The van der Waals surface area contributed by atoms with Crippen molar-refractivity contribution >= 4 is 17.9 Å². The van der Waals surface area contributed by atoms with Crippen molar-refractivity contribution < 1.29 is 4.79 Å². The Hall–Kier alpha value is -2.17. The molecule has 1 amide bonds. The molecule has 2 rings (SSSR count). The SMILES string of the molecule is C=C(N=C/C=C\C)n1cc2c(n1)CCNC2=O. The van der Waals surface area contributed by atoms with Gasteiger partial charge in [-0.15, -0.1) is 0 Å². The highest BCUT2D eigenvalue weighted by Gasteiger charge is 2.20. The highest BCUT2D eigenvalue weighted by molar-refractivity contribution is 5.96. The van der Waals surface area contributed by atoms with Gasteiger partial charge >= 0.3 is 0 Å². The molecule has 5 heteroatoms. The second-order valence-electron chi connectivity index (χ2n) is 3.66. The molecule has 17 heavy (non-hydrogen) atoms. The molecule has 1 aromatic heterocycles. The van der Waals surface area contributed by atoms with Crippen molar-refractivity contribution in [1.82, 2.24) is 15.1 Å². The van der Waals surface area contributed by atoms with Gasteiger partial charge in [0, 0.05) is 25.4 Å². The second-order valence-corrected chi connectivity index (χ2v) is 3.66. The maximum absolute atomic E-state index is 11.5. The molecule has 1 N–H and O–H groups in total. The van der Waals surface area contributed by atoms with Gasteiger partial charge in [0.2, 0.25) is 0 Å². The zero-order valence-electron chi connectivity index (χ0n) is 9.68. The fourth-order valence-electron chi connectivity index (χ4n) is 1.58. The Morgan fingerprint density at radius 1 is 1.71 bits per heavy atom. The first-order valence-corrected chi connectivity index (χ1v) is 5.43. The number of allylic oxidation sites excluding steroid dienone is 2. The Kier molecular flexibility index (Phi) is 3.18. The van der Waals surface area contributed by atoms with E-state index >= 15 is 0 Å². The van der Waals surface area contributed by atoms with E-state index in [0.717, 1.165) is 12.1 Å². The van der Waals surface area contributed by atoms with Crippen LogP contribution in [0.25, 0.3) is 5.82 Å². The van der Waals surface area contributed by atoms with E-state index in [4.69, 9.17) is 0 Å². The minimum atomic E-state index is -0.0808. The Morgan fingerprint density at radius 2 is 2.53 bits per heavy atom. The van der Waals surface area contributed by atoms with Crippen molar-refractivity contribution in [2.24, 2.45) is 4.99 Å². The topological polar surface area (TPSA) is 59.3 Å². The molecule has 0 fully saturated rings. The zero-order valence-corrected chi connectivity index (χ0v) is 9.68. The van der Waals surface area contributed by atoms with E-state index in [2.05, 4.69) is 22.0 Å². The van der Waals surface area contributed by atoms with Crippen LogP contribution in [0, 0.1) is 0 Å². The van der Waals surface area contributed by atoms with Crippen LogP contribution in [0.3, 0.4) is 0 Å². The minimum Gasteiger partial charge on any atom is -0.352 e. The maximum Gasteiger partial charge on any atom is 0.254 e. The lowest BCUT2D eigenvalue weighted by molar-refractivity contribution is 0.0946. The van der Waals surface area contributed by atoms with E-state index in [1.54, 1.807) is 18.5 Å². The second kappa shape index (κ2) is 4.78. The van der Waals surface area contributed by atoms with Crippen molar-refractivity contribution in [2.45, 2.75) is 13.3 Å². The monoisotopic (exact) mass is 230 g/mol. The summed E-state index contributed by atoms with van der Waals surface area (Å²) in [6.45, 7) is 6.35. The largest absolute Gasteiger partial charge is 0.352 e. The third-order valence-corrected chi connectivity index (χ3v) is 2.45. The first-order valence-electron chi connectivity index (χ1n) is 5.43. The average molecular weight is 230 g/mol. The summed E-state index contributed by atoms with van der Waals surface area (Å²) in [5.41, 5.74) is 1.41. The number of hydrogen-bond acceptors (Lipinski definition) is 3. The van der Waals surface area contributed by atoms with Crippen LogP contribution in [0.4, 0.5) is 0 Å². The van der Waals surface area contributed by atoms with Gasteiger partial charge in [-0.05, 0) is 13.0 Å². The smallest absolute Gasteiger partial charge is 0.254 e. The molecule has 0 saturated carbocycles. The number of carbonyl (C=O) groups is 1. The first-order chi connectivity index (χ1) is 8.22. The number of nitrogens with one attached hydrogen (secondary N) is 1. The fourth-order valence-corrected chi connectivity index (χ4v) is 1.58. The van der Waals surface area contributed by atoms with E-state index in [9.17, 15) is 4.79 Å². The Morgan fingerprint density at radius 3 is 3.24 bits per heavy atom. The molecule has 0 radical (unpaired) electrons. The summed E-state index contributed by atoms with van der Waals surface area (Å²) < 4.78 is 1.54. The van der Waals surface area contributed by atoms with Gasteiger partial charge in [-0.3, -0.25) is 4.79 Å². The first kappa shape index (κ1) is 11.3. The minimum absolute atomic E-state index is 0.0808. The highest BCUT2D eigenvalue weighted by atomic mass is 16.1. The molecule has 0 saturated heterocycles. The van der Waals surface area contributed by atoms with Crippen LogP contribution in [0.1, 0.15) is 23.0 Å². The van der Waals surface area contributed by atoms with E-state index in [1.807, 2.05) is 13.0 Å². The number of aliphatic imine (C=N–C) groups is 1. The van der Waals surface area contributed by atoms with E-state index in [0.29, 0.717) is 17.9 Å². The van der Waals surface area contributed by atoms with E-state index in [-0.39, 0.29) is 5.91 Å². The summed E-state index contributed by atoms with van der Waals surface area (Å²) in [4.78, 5) is 15.7. The van der Waals surface area contributed by atoms with Gasteiger partial charge in [-0.2, -0.15) is 5.10 Å². The summed E-state index contributed by atoms with van der Waals surface area (Å²) in [6.07, 6.45) is 7.74. The molecule has 0 bridgehead atoms. The Bertz CT molecular complexity index is 511. The van der Waals surface area contributed by atoms with Crippen molar-refractivity contribution in [3.05, 3.63) is 36.2 Å². The van der Waals surface area contributed by atoms with E-state index < -0.39 is 0 Å². The number of aromatic nitrogens is 2. The quantitative estimate of drug-likeness (QED) is 0.794. The van der Waals surface area contributed by atoms with Crippen molar-refractivity contribution in [3.8, 4) is 0 Å². The molecule has 0 aliphatic carbocycles. The molecule has 5 nitrogen and oxygen atoms in total. The summed E-state index contributed by atoms with van der Waals surface area (Å²) >= 11 is 0. The van der Waals surface area contributed by atoms with Crippen molar-refractivity contribution in [3.63, 3.8) is 0 Å². The van der Waals surface area contributed by atoms with Crippen LogP contribution in [0.5, 0.6) is 0 Å². The molecular weight excluding hydrogens is 216 g/mol. The molecule has 1 aliphatic rings. The van der Waals surface area contributed by atoms with E-state index in [1.165, 1.54) is 4.68 Å². The van der Waals surface area contributed by atoms with Gasteiger partial charge < -0.3 is 5.32 Å². The predicted molar refractivity (Wildman–Crippen MR) is 66.9 cm³/mol. The van der Waals surface area contributed by atoms with Crippen molar-refractivity contribution in [2.75, 3.05) is 6.54 Å². The third-order valence-electron chi connectivity index (χ3n) is 2.45. The van der Waals surface area contributed by atoms with Crippen LogP contribution in [0.15, 0.2) is 29.9 Å². The lowest BCUT2D eigenvalue weighted by Crippen LogP contribution is -2.31. The summed E-state index contributed by atoms with van der Waals surface area (Å²) in [5, 5.41) is 7.07. The molecule has 0 aromatic carbocycles. The highest BCUT2D eigenvalue weighted by Crippen LogP contribution is 2.14. The van der Waals surface area contributed by atoms with Crippen LogP contribution < -0.4 is 5.32 Å². The molecule has 0 unspecified atom stereocenters. The Labute approximate surface area is 99.5 Å². The van der Waals surface area contributed by atoms with Gasteiger partial charge in [-0.1, -0.05) is 12.7 Å². The summed E-state index contributed by atoms with van der Waals surface area (Å²) in [5.74, 6) is 0.410. The molecular formula is C12H14N4O. The van der Waals surface area contributed by atoms with Crippen LogP contribution >= 0.6 is 0 Å².